The van der Waals surface area contributed by atoms with E-state index in [-0.39, 0.29) is 24.7 Å². The molecule has 27 heavy (non-hydrogen) atoms. The molecule has 0 unspecified atom stereocenters. The van der Waals surface area contributed by atoms with E-state index in [9.17, 15) is 9.59 Å². The molecule has 0 heterocycles. The lowest BCUT2D eigenvalue weighted by atomic mass is 10.1. The van der Waals surface area contributed by atoms with Crippen molar-refractivity contribution < 1.29 is 14.3 Å². The summed E-state index contributed by atoms with van der Waals surface area (Å²) in [5.74, 6) is 0.259. The molecule has 2 amide bonds. The van der Waals surface area contributed by atoms with Gasteiger partial charge in [0.15, 0.2) is 0 Å². The largest absolute Gasteiger partial charge is 0.497 e. The Morgan fingerprint density at radius 1 is 1.11 bits per heavy atom. The van der Waals surface area contributed by atoms with Crippen molar-refractivity contribution in [2.75, 3.05) is 12.4 Å². The van der Waals surface area contributed by atoms with Crippen LogP contribution in [0.5, 0.6) is 5.75 Å². The summed E-state index contributed by atoms with van der Waals surface area (Å²) in [5.41, 5.74) is 5.38. The standard InChI is InChI=1S/C20H22ClN3O3/c1-13-10-16(21)6-9-18(13)22-19(25)11-14(2)23-24-20(26)12-15-4-7-17(27-3)8-5-15/h4-10H,11-12H2,1-3H3,(H,22,25)(H,24,26)/b23-14-. The Kier molecular flexibility index (Phi) is 7.37. The van der Waals surface area contributed by atoms with E-state index in [4.69, 9.17) is 16.3 Å². The Hall–Kier alpha value is -2.86. The third-order valence-electron chi connectivity index (χ3n) is 3.77. The third kappa shape index (κ3) is 6.75. The molecule has 0 saturated heterocycles. The molecular formula is C20H22ClN3O3. The van der Waals surface area contributed by atoms with Crippen LogP contribution < -0.4 is 15.5 Å². The average Bonchev–Trinajstić information content (AvgIpc) is 2.63. The highest BCUT2D eigenvalue weighted by atomic mass is 35.5. The van der Waals surface area contributed by atoms with Crippen molar-refractivity contribution >= 4 is 34.8 Å². The first kappa shape index (κ1) is 20.5. The molecular weight excluding hydrogens is 366 g/mol. The van der Waals surface area contributed by atoms with Crippen LogP contribution in [0.4, 0.5) is 5.69 Å². The van der Waals surface area contributed by atoms with E-state index in [1.165, 1.54) is 0 Å². The van der Waals surface area contributed by atoms with E-state index < -0.39 is 0 Å². The number of nitrogens with zero attached hydrogens (tertiary/aromatic N) is 1. The molecule has 0 aliphatic heterocycles. The Bertz CT molecular complexity index is 848. The SMILES string of the molecule is COc1ccc(CC(=O)N/N=C(/C)CC(=O)Nc2ccc(Cl)cc2C)cc1. The van der Waals surface area contributed by atoms with Gasteiger partial charge in [-0.25, -0.2) is 5.43 Å². The van der Waals surface area contributed by atoms with Gasteiger partial charge in [-0.2, -0.15) is 5.10 Å². The van der Waals surface area contributed by atoms with Gasteiger partial charge < -0.3 is 10.1 Å². The number of hydrogen-bond donors (Lipinski definition) is 2. The lowest BCUT2D eigenvalue weighted by Gasteiger charge is -2.09. The number of anilines is 1. The number of carbonyl (C=O) groups is 2. The molecule has 2 N–H and O–H groups in total. The lowest BCUT2D eigenvalue weighted by Crippen LogP contribution is -2.23. The van der Waals surface area contributed by atoms with E-state index in [2.05, 4.69) is 15.8 Å². The normalized spacial score (nSPS) is 11.0. The van der Waals surface area contributed by atoms with Gasteiger partial charge in [-0.3, -0.25) is 9.59 Å². The van der Waals surface area contributed by atoms with Crippen LogP contribution in [-0.4, -0.2) is 24.6 Å². The number of amides is 2. The maximum atomic E-state index is 12.1. The number of hydrazone groups is 1. The molecule has 0 spiro atoms. The van der Waals surface area contributed by atoms with Crippen molar-refractivity contribution in [2.24, 2.45) is 5.10 Å². The highest BCUT2D eigenvalue weighted by molar-refractivity contribution is 6.30. The summed E-state index contributed by atoms with van der Waals surface area (Å²) >= 11 is 5.90. The molecule has 7 heteroatoms. The number of nitrogens with one attached hydrogen (secondary N) is 2. The number of halogens is 1. The van der Waals surface area contributed by atoms with Crippen molar-refractivity contribution in [3.8, 4) is 5.75 Å². The second-order valence-corrected chi connectivity index (χ2v) is 6.53. The van der Waals surface area contributed by atoms with E-state index in [0.717, 1.165) is 16.9 Å². The summed E-state index contributed by atoms with van der Waals surface area (Å²) in [6.45, 7) is 3.55. The fraction of sp³-hybridized carbons (Fsp3) is 0.250. The molecule has 0 radical (unpaired) electrons. The van der Waals surface area contributed by atoms with Gasteiger partial charge in [0.1, 0.15) is 5.75 Å². The number of methoxy groups -OCH3 is 1. The quantitative estimate of drug-likeness (QED) is 0.561. The minimum atomic E-state index is -0.256. The lowest BCUT2D eigenvalue weighted by molar-refractivity contribution is -0.120. The third-order valence-corrected chi connectivity index (χ3v) is 4.01. The number of hydrogen-bond acceptors (Lipinski definition) is 4. The molecule has 142 valence electrons. The van der Waals surface area contributed by atoms with Crippen LogP contribution >= 0.6 is 11.6 Å². The van der Waals surface area contributed by atoms with Gasteiger partial charge in [-0.1, -0.05) is 23.7 Å². The molecule has 2 aromatic carbocycles. The smallest absolute Gasteiger partial charge is 0.244 e. The molecule has 0 aliphatic rings. The van der Waals surface area contributed by atoms with Crippen LogP contribution in [0.1, 0.15) is 24.5 Å². The van der Waals surface area contributed by atoms with Crippen molar-refractivity contribution in [3.05, 3.63) is 58.6 Å². The predicted octanol–water partition coefficient (Wildman–Crippen LogP) is 3.72. The van der Waals surface area contributed by atoms with Crippen molar-refractivity contribution in [3.63, 3.8) is 0 Å². The summed E-state index contributed by atoms with van der Waals surface area (Å²) in [6, 6.07) is 12.5. The molecule has 0 bridgehead atoms. The molecule has 0 aromatic heterocycles. The first-order valence-corrected chi connectivity index (χ1v) is 8.76. The molecule has 0 atom stereocenters. The zero-order chi connectivity index (χ0) is 19.8. The predicted molar refractivity (Wildman–Crippen MR) is 107 cm³/mol. The number of benzene rings is 2. The van der Waals surface area contributed by atoms with Crippen molar-refractivity contribution in [1.29, 1.82) is 0 Å². The summed E-state index contributed by atoms with van der Waals surface area (Å²) in [4.78, 5) is 24.1. The molecule has 2 rings (SSSR count). The summed E-state index contributed by atoms with van der Waals surface area (Å²) in [6.07, 6.45) is 0.266. The van der Waals surface area contributed by atoms with E-state index in [0.29, 0.717) is 16.4 Å². The van der Waals surface area contributed by atoms with Gasteiger partial charge in [0.05, 0.1) is 20.0 Å². The minimum absolute atomic E-state index is 0.0743. The Labute approximate surface area is 163 Å². The van der Waals surface area contributed by atoms with Gasteiger partial charge in [0.25, 0.3) is 0 Å². The minimum Gasteiger partial charge on any atom is -0.497 e. The molecule has 0 fully saturated rings. The monoisotopic (exact) mass is 387 g/mol. The van der Waals surface area contributed by atoms with Gasteiger partial charge in [-0.15, -0.1) is 0 Å². The van der Waals surface area contributed by atoms with Crippen LogP contribution in [0, 0.1) is 6.92 Å². The summed E-state index contributed by atoms with van der Waals surface area (Å²) < 4.78 is 5.08. The number of carbonyl (C=O) groups excluding carboxylic acids is 2. The Balaban J connectivity index is 1.83. The second-order valence-electron chi connectivity index (χ2n) is 6.09. The first-order valence-electron chi connectivity index (χ1n) is 8.38. The maximum Gasteiger partial charge on any atom is 0.244 e. The van der Waals surface area contributed by atoms with Crippen LogP contribution in [0.3, 0.4) is 0 Å². The van der Waals surface area contributed by atoms with Gasteiger partial charge in [0.2, 0.25) is 11.8 Å². The fourth-order valence-electron chi connectivity index (χ4n) is 2.36. The maximum absolute atomic E-state index is 12.1. The first-order chi connectivity index (χ1) is 12.9. The van der Waals surface area contributed by atoms with Crippen LogP contribution in [0.2, 0.25) is 5.02 Å². The van der Waals surface area contributed by atoms with Gasteiger partial charge >= 0.3 is 0 Å². The van der Waals surface area contributed by atoms with Crippen molar-refractivity contribution in [1.82, 2.24) is 5.43 Å². The molecule has 0 saturated carbocycles. The number of rotatable bonds is 7. The second kappa shape index (κ2) is 9.73. The van der Waals surface area contributed by atoms with E-state index in [1.807, 2.05) is 19.1 Å². The Morgan fingerprint density at radius 2 is 1.81 bits per heavy atom. The fourth-order valence-corrected chi connectivity index (χ4v) is 2.59. The van der Waals surface area contributed by atoms with Crippen molar-refractivity contribution in [2.45, 2.75) is 26.7 Å². The molecule has 6 nitrogen and oxygen atoms in total. The zero-order valence-electron chi connectivity index (χ0n) is 15.5. The topological polar surface area (TPSA) is 79.8 Å². The molecule has 0 aliphatic carbocycles. The Morgan fingerprint density at radius 3 is 2.44 bits per heavy atom. The van der Waals surface area contributed by atoms with Crippen LogP contribution in [0.15, 0.2) is 47.6 Å². The number of aryl methyl sites for hydroxylation is 1. The zero-order valence-corrected chi connectivity index (χ0v) is 16.3. The highest BCUT2D eigenvalue weighted by Gasteiger charge is 2.08. The summed E-state index contributed by atoms with van der Waals surface area (Å²) in [5, 5.41) is 7.40. The number of ether oxygens (including phenoxy) is 1. The highest BCUT2D eigenvalue weighted by Crippen LogP contribution is 2.19. The van der Waals surface area contributed by atoms with Crippen LogP contribution in [0.25, 0.3) is 0 Å². The van der Waals surface area contributed by atoms with E-state index >= 15 is 0 Å². The van der Waals surface area contributed by atoms with E-state index in [1.54, 1.807) is 44.4 Å². The van der Waals surface area contributed by atoms with Crippen LogP contribution in [-0.2, 0) is 16.0 Å². The molecule has 2 aromatic rings. The van der Waals surface area contributed by atoms with Gasteiger partial charge in [0, 0.05) is 16.4 Å². The summed E-state index contributed by atoms with van der Waals surface area (Å²) in [7, 11) is 1.59. The average molecular weight is 388 g/mol. The van der Waals surface area contributed by atoms with Gasteiger partial charge in [-0.05, 0) is 55.3 Å².